The molecule has 6 aromatic carbocycles. The Bertz CT molecular complexity index is 2630. The molecular formula is C50H42N2O2. The van der Waals surface area contributed by atoms with Crippen LogP contribution >= 0.6 is 0 Å². The molecule has 0 N–H and O–H groups in total. The second-order valence-corrected chi connectivity index (χ2v) is 15.4. The first kappa shape index (κ1) is 32.8. The van der Waals surface area contributed by atoms with Gasteiger partial charge < -0.3 is 4.74 Å². The summed E-state index contributed by atoms with van der Waals surface area (Å²) in [6.07, 6.45) is 4.78. The molecule has 2 aliphatic rings. The molecule has 0 bridgehead atoms. The monoisotopic (exact) mass is 702 g/mol. The number of unbranched alkanes of at least 4 members (excludes halogenated alkanes) is 1. The van der Waals surface area contributed by atoms with Gasteiger partial charge in [0.15, 0.2) is 0 Å². The lowest BCUT2D eigenvalue weighted by Crippen LogP contribution is -2.38. The molecule has 264 valence electrons. The molecule has 2 unspecified atom stereocenters. The Kier molecular flexibility index (Phi) is 7.66. The first-order chi connectivity index (χ1) is 26.5. The molecule has 0 amide bonds. The van der Waals surface area contributed by atoms with Crippen molar-refractivity contribution in [3.8, 4) is 22.5 Å². The first-order valence-corrected chi connectivity index (χ1v) is 19.5. The van der Waals surface area contributed by atoms with Crippen LogP contribution in [0.25, 0.3) is 65.9 Å². The SMILES string of the molecule is CCCCC1(CC2(CCC(=O)OCC)c3cc4ccccc4cc3-c3nc4ccccc4cc32)c2cc3ccccc3cc2-c2nc3ccccc3cc21. The van der Waals surface area contributed by atoms with E-state index in [0.717, 1.165) is 64.4 Å². The van der Waals surface area contributed by atoms with Crippen LogP contribution in [0.5, 0.6) is 0 Å². The Morgan fingerprint density at radius 1 is 0.537 bits per heavy atom. The van der Waals surface area contributed by atoms with Gasteiger partial charge in [0.2, 0.25) is 0 Å². The van der Waals surface area contributed by atoms with Gasteiger partial charge in [-0.2, -0.15) is 0 Å². The minimum absolute atomic E-state index is 0.158. The molecule has 2 heterocycles. The van der Waals surface area contributed by atoms with Gasteiger partial charge >= 0.3 is 5.97 Å². The normalized spacial score (nSPS) is 18.2. The number of hydrogen-bond donors (Lipinski definition) is 0. The standard InChI is InChI=1S/C50H42N2O2/c1-3-5-23-49(40-27-34-16-8-6-14-32(34)25-38(40)47-42(49)29-36-18-10-12-20-44(36)51-47)31-50(24-22-46(53)54-4-2)41-28-35-17-9-7-15-33(35)26-39(41)48-43(50)30-37-19-11-13-21-45(37)52-48/h6-21,25-30H,3-5,22-24,31H2,1-2H3. The van der Waals surface area contributed by atoms with Crippen LogP contribution in [-0.4, -0.2) is 22.5 Å². The highest BCUT2D eigenvalue weighted by Crippen LogP contribution is 2.63. The number of benzene rings is 6. The summed E-state index contributed by atoms with van der Waals surface area (Å²) in [5, 5.41) is 7.11. The van der Waals surface area contributed by atoms with Gasteiger partial charge in [0.25, 0.3) is 0 Å². The largest absolute Gasteiger partial charge is 0.466 e. The highest BCUT2D eigenvalue weighted by molar-refractivity contribution is 5.98. The molecule has 0 radical (unpaired) electrons. The predicted octanol–water partition coefficient (Wildman–Crippen LogP) is 12.2. The second-order valence-electron chi connectivity index (χ2n) is 15.4. The first-order valence-electron chi connectivity index (χ1n) is 19.5. The lowest BCUT2D eigenvalue weighted by molar-refractivity contribution is -0.143. The number of hydrogen-bond acceptors (Lipinski definition) is 4. The summed E-state index contributed by atoms with van der Waals surface area (Å²) in [5.41, 5.74) is 10.6. The van der Waals surface area contributed by atoms with Gasteiger partial charge in [0.05, 0.1) is 29.0 Å². The molecule has 4 heteroatoms. The Labute approximate surface area is 315 Å². The maximum atomic E-state index is 13.5. The number of carbonyl (C=O) groups excluding carboxylic acids is 1. The Morgan fingerprint density at radius 2 is 0.963 bits per heavy atom. The molecule has 54 heavy (non-hydrogen) atoms. The Hall–Kier alpha value is -5.87. The number of carbonyl (C=O) groups is 1. The van der Waals surface area contributed by atoms with Gasteiger partial charge in [0, 0.05) is 39.2 Å². The topological polar surface area (TPSA) is 52.1 Å². The third-order valence-corrected chi connectivity index (χ3v) is 12.4. The number of aromatic nitrogens is 2. The molecule has 10 rings (SSSR count). The van der Waals surface area contributed by atoms with Crippen LogP contribution in [0.2, 0.25) is 0 Å². The van der Waals surface area contributed by atoms with Gasteiger partial charge in [-0.25, -0.2) is 9.97 Å². The van der Waals surface area contributed by atoms with E-state index in [1.54, 1.807) is 0 Å². The van der Waals surface area contributed by atoms with E-state index in [4.69, 9.17) is 14.7 Å². The van der Waals surface area contributed by atoms with Crippen molar-refractivity contribution in [1.82, 2.24) is 9.97 Å². The van der Waals surface area contributed by atoms with E-state index in [2.05, 4.69) is 140 Å². The van der Waals surface area contributed by atoms with E-state index in [-0.39, 0.29) is 5.97 Å². The summed E-state index contributed by atoms with van der Waals surface area (Å²) in [7, 11) is 0. The second kappa shape index (κ2) is 12.6. The molecule has 0 spiro atoms. The van der Waals surface area contributed by atoms with E-state index >= 15 is 0 Å². The average molecular weight is 703 g/mol. The van der Waals surface area contributed by atoms with Crippen LogP contribution in [0.15, 0.2) is 133 Å². The zero-order valence-electron chi connectivity index (χ0n) is 30.9. The summed E-state index contributed by atoms with van der Waals surface area (Å²) in [6, 6.07) is 48.8. The van der Waals surface area contributed by atoms with Gasteiger partial charge in [-0.1, -0.05) is 105 Å². The molecular weight excluding hydrogens is 661 g/mol. The minimum Gasteiger partial charge on any atom is -0.466 e. The lowest BCUT2D eigenvalue weighted by Gasteiger charge is -2.43. The molecule has 0 aliphatic heterocycles. The molecule has 2 aliphatic carbocycles. The van der Waals surface area contributed by atoms with E-state index in [1.165, 1.54) is 49.4 Å². The fraction of sp³-hybridized carbons (Fsp3) is 0.220. The van der Waals surface area contributed by atoms with Crippen molar-refractivity contribution in [2.75, 3.05) is 6.61 Å². The fourth-order valence-corrected chi connectivity index (χ4v) is 9.97. The van der Waals surface area contributed by atoms with E-state index in [9.17, 15) is 4.79 Å². The molecule has 8 aromatic rings. The van der Waals surface area contributed by atoms with Crippen molar-refractivity contribution in [2.24, 2.45) is 0 Å². The Balaban J connectivity index is 1.32. The summed E-state index contributed by atoms with van der Waals surface area (Å²) >= 11 is 0. The maximum Gasteiger partial charge on any atom is 0.305 e. The van der Waals surface area contributed by atoms with Crippen LogP contribution in [0, 0.1) is 0 Å². The number of fused-ring (bicyclic) bond motifs is 10. The molecule has 2 aromatic heterocycles. The number of ether oxygens (including phenoxy) is 1. The smallest absolute Gasteiger partial charge is 0.305 e. The Morgan fingerprint density at radius 3 is 1.44 bits per heavy atom. The third kappa shape index (κ3) is 4.92. The van der Waals surface area contributed by atoms with Crippen molar-refractivity contribution in [1.29, 1.82) is 0 Å². The van der Waals surface area contributed by atoms with E-state index in [0.29, 0.717) is 19.4 Å². The molecule has 2 atom stereocenters. The summed E-state index contributed by atoms with van der Waals surface area (Å²) in [5.74, 6) is -0.158. The minimum atomic E-state index is -0.553. The average Bonchev–Trinajstić information content (AvgIpc) is 3.60. The number of pyridine rings is 2. The highest BCUT2D eigenvalue weighted by Gasteiger charge is 2.54. The highest BCUT2D eigenvalue weighted by atomic mass is 16.5. The van der Waals surface area contributed by atoms with Crippen LogP contribution in [0.4, 0.5) is 0 Å². The van der Waals surface area contributed by atoms with Crippen LogP contribution in [0.3, 0.4) is 0 Å². The zero-order valence-corrected chi connectivity index (χ0v) is 30.9. The van der Waals surface area contributed by atoms with Crippen molar-refractivity contribution >= 4 is 49.3 Å². The maximum absolute atomic E-state index is 13.5. The van der Waals surface area contributed by atoms with Gasteiger partial charge in [-0.15, -0.1) is 0 Å². The zero-order chi connectivity index (χ0) is 36.4. The molecule has 4 nitrogen and oxygen atoms in total. The van der Waals surface area contributed by atoms with Crippen molar-refractivity contribution in [3.05, 3.63) is 156 Å². The number of rotatable bonds is 9. The van der Waals surface area contributed by atoms with Crippen LogP contribution in [0.1, 0.15) is 74.6 Å². The van der Waals surface area contributed by atoms with Crippen LogP contribution < -0.4 is 0 Å². The van der Waals surface area contributed by atoms with Gasteiger partial charge in [0.1, 0.15) is 0 Å². The molecule has 0 saturated carbocycles. The predicted molar refractivity (Wildman–Crippen MR) is 221 cm³/mol. The van der Waals surface area contributed by atoms with Crippen molar-refractivity contribution < 1.29 is 9.53 Å². The van der Waals surface area contributed by atoms with Crippen molar-refractivity contribution in [3.63, 3.8) is 0 Å². The summed E-state index contributed by atoms with van der Waals surface area (Å²) < 4.78 is 5.67. The molecule has 0 fully saturated rings. The van der Waals surface area contributed by atoms with Gasteiger partial charge in [-0.05, 0) is 119 Å². The number of para-hydroxylation sites is 2. The third-order valence-electron chi connectivity index (χ3n) is 12.4. The lowest BCUT2D eigenvalue weighted by atomic mass is 9.59. The quantitative estimate of drug-likeness (QED) is 0.141. The number of nitrogens with zero attached hydrogens (tertiary/aromatic N) is 2. The number of esters is 1. The van der Waals surface area contributed by atoms with E-state index < -0.39 is 10.8 Å². The van der Waals surface area contributed by atoms with Gasteiger partial charge in [-0.3, -0.25) is 4.79 Å². The summed E-state index contributed by atoms with van der Waals surface area (Å²) in [4.78, 5) is 24.5. The van der Waals surface area contributed by atoms with Crippen LogP contribution in [-0.2, 0) is 20.4 Å². The molecule has 0 saturated heterocycles. The summed E-state index contributed by atoms with van der Waals surface area (Å²) in [6.45, 7) is 4.55. The van der Waals surface area contributed by atoms with E-state index in [1.807, 2.05) is 6.92 Å². The fourth-order valence-electron chi connectivity index (χ4n) is 9.97. The van der Waals surface area contributed by atoms with Crippen molar-refractivity contribution in [2.45, 2.75) is 63.2 Å².